The Bertz CT molecular complexity index is 234. The SMILES string of the molecule is C1=CCC/C=C/CC\C=C/C=C/C=C\1. The Morgan fingerprint density at radius 3 is 1.21 bits per heavy atom. The van der Waals surface area contributed by atoms with E-state index in [-0.39, 0.29) is 0 Å². The number of rotatable bonds is 0. The van der Waals surface area contributed by atoms with Gasteiger partial charge in [0, 0.05) is 0 Å². The van der Waals surface area contributed by atoms with Crippen molar-refractivity contribution in [1.29, 1.82) is 0 Å². The van der Waals surface area contributed by atoms with Gasteiger partial charge in [-0.3, -0.25) is 0 Å². The second kappa shape index (κ2) is 8.31. The van der Waals surface area contributed by atoms with Gasteiger partial charge in [-0.05, 0) is 25.7 Å². The predicted octanol–water partition coefficient (Wildman–Crippen LogP) is 4.34. The summed E-state index contributed by atoms with van der Waals surface area (Å²) in [6.07, 6.45) is 26.0. The van der Waals surface area contributed by atoms with Crippen LogP contribution in [0.4, 0.5) is 0 Å². The van der Waals surface area contributed by atoms with Crippen LogP contribution in [0.1, 0.15) is 25.7 Å². The zero-order valence-corrected chi connectivity index (χ0v) is 8.60. The zero-order chi connectivity index (χ0) is 9.90. The fraction of sp³-hybridized carbons (Fsp3) is 0.286. The van der Waals surface area contributed by atoms with Gasteiger partial charge in [-0.2, -0.15) is 0 Å². The molecule has 0 unspecified atom stereocenters. The Morgan fingerprint density at radius 2 is 0.714 bits per heavy atom. The fourth-order valence-electron chi connectivity index (χ4n) is 1.23. The highest BCUT2D eigenvalue weighted by Crippen LogP contribution is 1.98. The number of hydrogen-bond acceptors (Lipinski definition) is 0. The van der Waals surface area contributed by atoms with Gasteiger partial charge >= 0.3 is 0 Å². The van der Waals surface area contributed by atoms with Crippen LogP contribution in [0.5, 0.6) is 0 Å². The fourth-order valence-corrected chi connectivity index (χ4v) is 1.23. The van der Waals surface area contributed by atoms with Gasteiger partial charge in [-0.15, -0.1) is 0 Å². The van der Waals surface area contributed by atoms with E-state index in [4.69, 9.17) is 0 Å². The van der Waals surface area contributed by atoms with E-state index in [1.165, 1.54) is 0 Å². The second-order valence-electron chi connectivity index (χ2n) is 3.25. The highest BCUT2D eigenvalue weighted by molar-refractivity contribution is 5.15. The predicted molar refractivity (Wildman–Crippen MR) is 64.2 cm³/mol. The van der Waals surface area contributed by atoms with Crippen LogP contribution in [-0.4, -0.2) is 0 Å². The maximum atomic E-state index is 2.27. The summed E-state index contributed by atoms with van der Waals surface area (Å²) in [5.41, 5.74) is 0. The van der Waals surface area contributed by atoms with Gasteiger partial charge in [0.1, 0.15) is 0 Å². The van der Waals surface area contributed by atoms with Crippen LogP contribution in [0.2, 0.25) is 0 Å². The Morgan fingerprint density at radius 1 is 0.357 bits per heavy atom. The van der Waals surface area contributed by atoms with E-state index in [1.54, 1.807) is 0 Å². The minimum atomic E-state index is 1.14. The quantitative estimate of drug-likeness (QED) is 0.494. The van der Waals surface area contributed by atoms with E-state index in [0.717, 1.165) is 25.7 Å². The van der Waals surface area contributed by atoms with Crippen molar-refractivity contribution >= 4 is 0 Å². The maximum absolute atomic E-state index is 2.27. The van der Waals surface area contributed by atoms with Crippen LogP contribution in [0.3, 0.4) is 0 Å². The lowest BCUT2D eigenvalue weighted by Crippen LogP contribution is -1.68. The van der Waals surface area contributed by atoms with Crippen LogP contribution < -0.4 is 0 Å². The van der Waals surface area contributed by atoms with Crippen LogP contribution in [0.15, 0.2) is 60.8 Å². The normalized spacial score (nSPS) is 27.4. The van der Waals surface area contributed by atoms with Crippen LogP contribution in [0.25, 0.3) is 0 Å². The Labute approximate surface area is 87.0 Å². The summed E-state index contributed by atoms with van der Waals surface area (Å²) in [4.78, 5) is 0. The Kier molecular flexibility index (Phi) is 6.39. The van der Waals surface area contributed by atoms with Crippen molar-refractivity contribution in [2.75, 3.05) is 0 Å². The second-order valence-corrected chi connectivity index (χ2v) is 3.25. The van der Waals surface area contributed by atoms with Crippen molar-refractivity contribution in [3.8, 4) is 0 Å². The molecule has 0 bridgehead atoms. The zero-order valence-electron chi connectivity index (χ0n) is 8.60. The molecular formula is C14H18. The minimum Gasteiger partial charge on any atom is -0.0882 e. The lowest BCUT2D eigenvalue weighted by molar-refractivity contribution is 1.00. The summed E-state index contributed by atoms with van der Waals surface area (Å²) in [6.45, 7) is 0. The third-order valence-corrected chi connectivity index (χ3v) is 1.99. The maximum Gasteiger partial charge on any atom is -0.0313 e. The molecule has 0 N–H and O–H groups in total. The van der Waals surface area contributed by atoms with Gasteiger partial charge in [0.15, 0.2) is 0 Å². The summed E-state index contributed by atoms with van der Waals surface area (Å²) in [6, 6.07) is 0. The molecule has 1 aliphatic rings. The molecule has 0 saturated carbocycles. The van der Waals surface area contributed by atoms with Gasteiger partial charge < -0.3 is 0 Å². The molecule has 0 radical (unpaired) electrons. The van der Waals surface area contributed by atoms with Crippen LogP contribution in [0, 0.1) is 0 Å². The highest BCUT2D eigenvalue weighted by Gasteiger charge is 1.78. The third kappa shape index (κ3) is 6.24. The molecule has 0 amide bonds. The van der Waals surface area contributed by atoms with Crippen molar-refractivity contribution in [1.82, 2.24) is 0 Å². The van der Waals surface area contributed by atoms with Crippen molar-refractivity contribution < 1.29 is 0 Å². The molecule has 1 aliphatic carbocycles. The van der Waals surface area contributed by atoms with Crippen molar-refractivity contribution in [3.63, 3.8) is 0 Å². The molecule has 0 spiro atoms. The molecule has 0 aromatic rings. The molecule has 0 atom stereocenters. The molecular weight excluding hydrogens is 168 g/mol. The van der Waals surface area contributed by atoms with E-state index in [1.807, 2.05) is 0 Å². The lowest BCUT2D eigenvalue weighted by Gasteiger charge is -1.88. The monoisotopic (exact) mass is 186 g/mol. The van der Waals surface area contributed by atoms with Gasteiger partial charge in [0.2, 0.25) is 0 Å². The first-order chi connectivity index (χ1) is 7.00. The number of allylic oxidation sites excluding steroid dienone is 10. The van der Waals surface area contributed by atoms with Gasteiger partial charge in [0.25, 0.3) is 0 Å². The van der Waals surface area contributed by atoms with Gasteiger partial charge in [-0.1, -0.05) is 60.8 Å². The first kappa shape index (κ1) is 10.8. The van der Waals surface area contributed by atoms with E-state index >= 15 is 0 Å². The van der Waals surface area contributed by atoms with E-state index in [0.29, 0.717) is 0 Å². The first-order valence-corrected chi connectivity index (χ1v) is 5.30. The summed E-state index contributed by atoms with van der Waals surface area (Å²) in [7, 11) is 0. The van der Waals surface area contributed by atoms with Gasteiger partial charge in [-0.25, -0.2) is 0 Å². The Hall–Kier alpha value is -1.30. The molecule has 0 nitrogen and oxygen atoms in total. The van der Waals surface area contributed by atoms with Crippen molar-refractivity contribution in [3.05, 3.63) is 60.8 Å². The summed E-state index contributed by atoms with van der Waals surface area (Å²) in [5.74, 6) is 0. The first-order valence-electron chi connectivity index (χ1n) is 5.30. The molecule has 0 aromatic heterocycles. The summed E-state index contributed by atoms with van der Waals surface area (Å²) < 4.78 is 0. The third-order valence-electron chi connectivity index (χ3n) is 1.99. The van der Waals surface area contributed by atoms with E-state index < -0.39 is 0 Å². The van der Waals surface area contributed by atoms with E-state index in [9.17, 15) is 0 Å². The lowest BCUT2D eigenvalue weighted by atomic mass is 10.2. The summed E-state index contributed by atoms with van der Waals surface area (Å²) in [5, 5.41) is 0. The van der Waals surface area contributed by atoms with Crippen LogP contribution >= 0.6 is 0 Å². The molecule has 0 heteroatoms. The molecule has 0 aliphatic heterocycles. The molecule has 0 aromatic carbocycles. The average Bonchev–Trinajstić information content (AvgIpc) is 2.22. The highest BCUT2D eigenvalue weighted by atomic mass is 13.8. The average molecular weight is 186 g/mol. The minimum absolute atomic E-state index is 1.14. The smallest absolute Gasteiger partial charge is 0.0313 e. The molecule has 74 valence electrons. The molecule has 0 saturated heterocycles. The largest absolute Gasteiger partial charge is 0.0882 e. The van der Waals surface area contributed by atoms with Crippen LogP contribution in [-0.2, 0) is 0 Å². The van der Waals surface area contributed by atoms with Crippen molar-refractivity contribution in [2.24, 2.45) is 0 Å². The van der Waals surface area contributed by atoms with Crippen molar-refractivity contribution in [2.45, 2.75) is 25.7 Å². The topological polar surface area (TPSA) is 0 Å². The Balaban J connectivity index is 2.46. The molecule has 0 heterocycles. The number of hydrogen-bond donors (Lipinski definition) is 0. The molecule has 1 rings (SSSR count). The van der Waals surface area contributed by atoms with E-state index in [2.05, 4.69) is 60.8 Å². The summed E-state index contributed by atoms with van der Waals surface area (Å²) >= 11 is 0. The molecule has 14 heavy (non-hydrogen) atoms. The standard InChI is InChI=1S/C14H18/c1-2-4-6-8-10-12-14-13-11-9-7-5-3-1/h1-8,13-14H,9-12H2/b3-1-,4-2+,7-5?,8-6-,14-13+. The molecule has 0 fully saturated rings. The van der Waals surface area contributed by atoms with Gasteiger partial charge in [0.05, 0.1) is 0 Å².